The van der Waals surface area contributed by atoms with Crippen molar-refractivity contribution >= 4 is 54.1 Å². The fourth-order valence-electron chi connectivity index (χ4n) is 8.16. The Morgan fingerprint density at radius 2 is 0.836 bits per heavy atom. The van der Waals surface area contributed by atoms with Crippen LogP contribution < -0.4 is 0 Å². The van der Waals surface area contributed by atoms with E-state index in [0.717, 1.165) is 33.5 Å². The number of hydrogen-bond acceptors (Lipinski definition) is 3. The predicted octanol–water partition coefficient (Wildman–Crippen LogP) is 13.1. The molecule has 0 fully saturated rings. The van der Waals surface area contributed by atoms with Gasteiger partial charge in [-0.2, -0.15) is 0 Å². The molecule has 0 N–H and O–H groups in total. The first-order chi connectivity index (χ1) is 27.2. The van der Waals surface area contributed by atoms with E-state index in [2.05, 4.69) is 138 Å². The number of rotatable bonds is 5. The van der Waals surface area contributed by atoms with Gasteiger partial charge in [-0.15, -0.1) is 0 Å². The van der Waals surface area contributed by atoms with E-state index in [4.69, 9.17) is 15.0 Å². The Bertz CT molecular complexity index is 3200. The van der Waals surface area contributed by atoms with Crippen LogP contribution in [0.4, 0.5) is 0 Å². The van der Waals surface area contributed by atoms with Crippen molar-refractivity contribution in [2.75, 3.05) is 0 Å². The molecule has 0 atom stereocenters. The van der Waals surface area contributed by atoms with Gasteiger partial charge >= 0.3 is 0 Å². The standard InChI is InChI=1S/C51H32N4/c1-3-13-35(14-4-1)49-52-50(36-15-5-2-6-16-36)54-51(53-49)40-18-11-17-37(30-40)38-24-22-34-26-29-47-48(45(34)32-38)44-20-9-10-21-46(44)55(47)41-27-28-43-39(31-41)25-23-33-12-7-8-19-42(33)43/h1-32H. The van der Waals surface area contributed by atoms with Crippen LogP contribution in [0, 0.1) is 0 Å². The van der Waals surface area contributed by atoms with Crippen LogP contribution in [0.15, 0.2) is 194 Å². The molecule has 4 nitrogen and oxygen atoms in total. The Labute approximate surface area is 317 Å². The van der Waals surface area contributed by atoms with Gasteiger partial charge in [0.1, 0.15) is 0 Å². The van der Waals surface area contributed by atoms with Gasteiger partial charge in [0, 0.05) is 33.2 Å². The number of benzene rings is 9. The largest absolute Gasteiger partial charge is 0.309 e. The van der Waals surface area contributed by atoms with Crippen molar-refractivity contribution in [1.82, 2.24) is 19.5 Å². The zero-order chi connectivity index (χ0) is 36.3. The summed E-state index contributed by atoms with van der Waals surface area (Å²) >= 11 is 0. The second-order valence-corrected chi connectivity index (χ2v) is 14.1. The van der Waals surface area contributed by atoms with E-state index in [9.17, 15) is 0 Å². The summed E-state index contributed by atoms with van der Waals surface area (Å²) in [5, 5.41) is 9.95. The third kappa shape index (κ3) is 5.26. The lowest BCUT2D eigenvalue weighted by Crippen LogP contribution is -2.00. The summed E-state index contributed by atoms with van der Waals surface area (Å²) in [5.41, 5.74) is 8.61. The second kappa shape index (κ2) is 12.6. The topological polar surface area (TPSA) is 43.6 Å². The fraction of sp³-hybridized carbons (Fsp3) is 0. The summed E-state index contributed by atoms with van der Waals surface area (Å²) in [6, 6.07) is 68.8. The first-order valence-corrected chi connectivity index (χ1v) is 18.6. The first kappa shape index (κ1) is 31.1. The summed E-state index contributed by atoms with van der Waals surface area (Å²) in [7, 11) is 0. The van der Waals surface area contributed by atoms with Gasteiger partial charge in [-0.1, -0.05) is 158 Å². The maximum absolute atomic E-state index is 5.00. The van der Waals surface area contributed by atoms with Gasteiger partial charge in [-0.25, -0.2) is 15.0 Å². The number of fused-ring (bicyclic) bond motifs is 8. The van der Waals surface area contributed by atoms with Gasteiger partial charge in [0.15, 0.2) is 17.5 Å². The molecule has 0 spiro atoms. The number of hydrogen-bond donors (Lipinski definition) is 0. The lowest BCUT2D eigenvalue weighted by Gasteiger charge is -2.12. The molecule has 0 saturated heterocycles. The summed E-state index contributed by atoms with van der Waals surface area (Å²) in [6.07, 6.45) is 0. The third-order valence-corrected chi connectivity index (χ3v) is 10.8. The maximum Gasteiger partial charge on any atom is 0.164 e. The molecule has 9 aromatic carbocycles. The van der Waals surface area contributed by atoms with Crippen LogP contribution in [-0.4, -0.2) is 19.5 Å². The average Bonchev–Trinajstić information content (AvgIpc) is 3.61. The molecular weight excluding hydrogens is 669 g/mol. The molecule has 4 heteroatoms. The van der Waals surface area contributed by atoms with Crippen molar-refractivity contribution in [1.29, 1.82) is 0 Å². The first-order valence-electron chi connectivity index (χ1n) is 18.6. The molecule has 11 rings (SSSR count). The van der Waals surface area contributed by atoms with Gasteiger partial charge in [0.25, 0.3) is 0 Å². The Kier molecular flexibility index (Phi) is 7.14. The van der Waals surface area contributed by atoms with Crippen molar-refractivity contribution < 1.29 is 0 Å². The highest BCUT2D eigenvalue weighted by molar-refractivity contribution is 6.22. The Morgan fingerprint density at radius 3 is 1.62 bits per heavy atom. The summed E-state index contributed by atoms with van der Waals surface area (Å²) in [4.78, 5) is 14.9. The van der Waals surface area contributed by atoms with E-state index in [0.29, 0.717) is 17.5 Å². The molecule has 0 radical (unpaired) electrons. The summed E-state index contributed by atoms with van der Waals surface area (Å²) < 4.78 is 2.42. The predicted molar refractivity (Wildman–Crippen MR) is 228 cm³/mol. The second-order valence-electron chi connectivity index (χ2n) is 14.1. The highest BCUT2D eigenvalue weighted by Crippen LogP contribution is 2.39. The van der Waals surface area contributed by atoms with Crippen LogP contribution in [0.2, 0.25) is 0 Å². The number of aromatic nitrogens is 4. The highest BCUT2D eigenvalue weighted by Gasteiger charge is 2.17. The van der Waals surface area contributed by atoms with Gasteiger partial charge in [-0.05, 0) is 79.8 Å². The molecule has 0 aliphatic rings. The summed E-state index contributed by atoms with van der Waals surface area (Å²) in [5.74, 6) is 1.95. The van der Waals surface area contributed by atoms with Crippen LogP contribution in [-0.2, 0) is 0 Å². The molecule has 0 aliphatic carbocycles. The molecular formula is C51H32N4. The van der Waals surface area contributed by atoms with Crippen molar-refractivity contribution in [2.45, 2.75) is 0 Å². The van der Waals surface area contributed by atoms with E-state index in [1.54, 1.807) is 0 Å². The molecule has 0 aliphatic heterocycles. The van der Waals surface area contributed by atoms with Crippen LogP contribution in [0.3, 0.4) is 0 Å². The van der Waals surface area contributed by atoms with E-state index in [1.807, 2.05) is 60.7 Å². The molecule has 2 heterocycles. The van der Waals surface area contributed by atoms with Gasteiger partial charge in [0.05, 0.1) is 11.0 Å². The highest BCUT2D eigenvalue weighted by atomic mass is 15.0. The minimum Gasteiger partial charge on any atom is -0.309 e. The third-order valence-electron chi connectivity index (χ3n) is 10.8. The van der Waals surface area contributed by atoms with Crippen LogP contribution in [0.5, 0.6) is 0 Å². The quantitative estimate of drug-likeness (QED) is 0.168. The molecule has 2 aromatic heterocycles. The number of para-hydroxylation sites is 1. The van der Waals surface area contributed by atoms with E-state index in [1.165, 1.54) is 54.1 Å². The molecule has 256 valence electrons. The lowest BCUT2D eigenvalue weighted by molar-refractivity contribution is 1.07. The zero-order valence-corrected chi connectivity index (χ0v) is 29.8. The average molecular weight is 701 g/mol. The SMILES string of the molecule is c1ccc(-c2nc(-c3ccccc3)nc(-c3cccc(-c4ccc5ccc6c(c5c4)c4ccccc4n6-c4ccc5c(ccc6ccccc65)c4)c3)n2)cc1. The lowest BCUT2D eigenvalue weighted by atomic mass is 9.97. The van der Waals surface area contributed by atoms with Crippen LogP contribution in [0.1, 0.15) is 0 Å². The monoisotopic (exact) mass is 700 g/mol. The fourth-order valence-corrected chi connectivity index (χ4v) is 8.16. The molecule has 11 aromatic rings. The minimum atomic E-state index is 0.643. The molecule has 55 heavy (non-hydrogen) atoms. The minimum absolute atomic E-state index is 0.643. The molecule has 0 bridgehead atoms. The van der Waals surface area contributed by atoms with Crippen LogP contribution in [0.25, 0.3) is 105 Å². The Hall–Kier alpha value is -7.43. The zero-order valence-electron chi connectivity index (χ0n) is 29.8. The summed E-state index contributed by atoms with van der Waals surface area (Å²) in [6.45, 7) is 0. The van der Waals surface area contributed by atoms with Crippen molar-refractivity contribution in [3.8, 4) is 51.0 Å². The van der Waals surface area contributed by atoms with Gasteiger partial charge in [0.2, 0.25) is 0 Å². The van der Waals surface area contributed by atoms with Crippen molar-refractivity contribution in [3.05, 3.63) is 194 Å². The van der Waals surface area contributed by atoms with Crippen molar-refractivity contribution in [2.24, 2.45) is 0 Å². The smallest absolute Gasteiger partial charge is 0.164 e. The Morgan fingerprint density at radius 1 is 0.291 bits per heavy atom. The van der Waals surface area contributed by atoms with Crippen molar-refractivity contribution in [3.63, 3.8) is 0 Å². The number of nitrogens with zero attached hydrogens (tertiary/aromatic N) is 4. The van der Waals surface area contributed by atoms with E-state index >= 15 is 0 Å². The van der Waals surface area contributed by atoms with E-state index in [-0.39, 0.29) is 0 Å². The normalized spacial score (nSPS) is 11.6. The molecule has 0 amide bonds. The molecule has 0 saturated carbocycles. The van der Waals surface area contributed by atoms with Crippen LogP contribution >= 0.6 is 0 Å². The van der Waals surface area contributed by atoms with E-state index < -0.39 is 0 Å². The Balaban J connectivity index is 1.06. The van der Waals surface area contributed by atoms with Gasteiger partial charge in [-0.3, -0.25) is 0 Å². The van der Waals surface area contributed by atoms with Gasteiger partial charge < -0.3 is 4.57 Å². The maximum atomic E-state index is 5.00. The molecule has 0 unspecified atom stereocenters.